The van der Waals surface area contributed by atoms with Crippen LogP contribution in [0.15, 0.2) is 23.3 Å². The minimum absolute atomic E-state index is 0.116. The summed E-state index contributed by atoms with van der Waals surface area (Å²) in [6.45, 7) is 3.52. The van der Waals surface area contributed by atoms with Gasteiger partial charge in [0.15, 0.2) is 0 Å². The fraction of sp³-hybridized carbons (Fsp3) is 0.357. The maximum Gasteiger partial charge on any atom is 0.329 e. The summed E-state index contributed by atoms with van der Waals surface area (Å²) in [6.07, 6.45) is 1.39. The number of hydrogen-bond donors (Lipinski definition) is 2. The lowest BCUT2D eigenvalue weighted by atomic mass is 10.2. The molecule has 1 rings (SSSR count). The Balaban J connectivity index is 2.68. The van der Waals surface area contributed by atoms with E-state index in [1.807, 2.05) is 0 Å². The third kappa shape index (κ3) is 5.52. The van der Waals surface area contributed by atoms with Crippen molar-refractivity contribution < 1.29 is 19.1 Å². The maximum absolute atomic E-state index is 11.4. The molecular weight excluding hydrogens is 274 g/mol. The fourth-order valence-corrected chi connectivity index (χ4v) is 1.45. The van der Waals surface area contributed by atoms with E-state index in [4.69, 9.17) is 9.47 Å². The second-order valence-corrected chi connectivity index (χ2v) is 4.47. The van der Waals surface area contributed by atoms with Gasteiger partial charge in [-0.25, -0.2) is 5.43 Å². The van der Waals surface area contributed by atoms with Crippen molar-refractivity contribution in [2.45, 2.75) is 19.9 Å². The topological polar surface area (TPSA) is 89.0 Å². The van der Waals surface area contributed by atoms with E-state index >= 15 is 0 Å². The van der Waals surface area contributed by atoms with Crippen molar-refractivity contribution in [3.05, 3.63) is 23.8 Å². The van der Waals surface area contributed by atoms with Gasteiger partial charge in [0.05, 0.1) is 20.4 Å². The van der Waals surface area contributed by atoms with Crippen molar-refractivity contribution in [2.75, 3.05) is 14.2 Å². The van der Waals surface area contributed by atoms with Gasteiger partial charge in [0.25, 0.3) is 0 Å². The summed E-state index contributed by atoms with van der Waals surface area (Å²) in [5.74, 6) is -0.362. The highest BCUT2D eigenvalue weighted by Crippen LogP contribution is 2.21. The van der Waals surface area contributed by atoms with Gasteiger partial charge in [-0.3, -0.25) is 9.59 Å². The first kappa shape index (κ1) is 16.5. The molecule has 7 heteroatoms. The number of rotatable bonds is 5. The highest BCUT2D eigenvalue weighted by atomic mass is 16.5. The number of hydrogen-bond acceptors (Lipinski definition) is 5. The van der Waals surface area contributed by atoms with Crippen LogP contribution in [0.2, 0.25) is 0 Å². The normalized spacial score (nSPS) is 10.5. The first-order chi connectivity index (χ1) is 9.96. The number of hydrazone groups is 1. The molecule has 0 heterocycles. The van der Waals surface area contributed by atoms with Crippen LogP contribution in [0.5, 0.6) is 11.5 Å². The van der Waals surface area contributed by atoms with E-state index in [2.05, 4.69) is 15.8 Å². The SMILES string of the molecule is COc1cc(/C=N\NC(=O)C(=O)NC(C)C)cc(OC)c1. The molecule has 2 N–H and O–H groups in total. The van der Waals surface area contributed by atoms with Crippen LogP contribution in [0.3, 0.4) is 0 Å². The van der Waals surface area contributed by atoms with Gasteiger partial charge < -0.3 is 14.8 Å². The molecule has 0 radical (unpaired) electrons. The van der Waals surface area contributed by atoms with Gasteiger partial charge in [-0.2, -0.15) is 5.10 Å². The van der Waals surface area contributed by atoms with Crippen molar-refractivity contribution in [3.63, 3.8) is 0 Å². The van der Waals surface area contributed by atoms with E-state index in [9.17, 15) is 9.59 Å². The molecule has 1 aromatic carbocycles. The predicted octanol–water partition coefficient (Wildman–Crippen LogP) is 0.678. The summed E-state index contributed by atoms with van der Waals surface area (Å²) >= 11 is 0. The zero-order valence-electron chi connectivity index (χ0n) is 12.5. The Morgan fingerprint density at radius 1 is 1.10 bits per heavy atom. The minimum atomic E-state index is -0.824. The molecule has 0 fully saturated rings. The monoisotopic (exact) mass is 293 g/mol. The van der Waals surface area contributed by atoms with E-state index < -0.39 is 11.8 Å². The Kier molecular flexibility index (Phi) is 6.19. The van der Waals surface area contributed by atoms with E-state index in [1.165, 1.54) is 20.4 Å². The van der Waals surface area contributed by atoms with Gasteiger partial charge in [0.1, 0.15) is 11.5 Å². The van der Waals surface area contributed by atoms with Crippen molar-refractivity contribution >= 4 is 18.0 Å². The van der Waals surface area contributed by atoms with Crippen molar-refractivity contribution in [1.29, 1.82) is 0 Å². The highest BCUT2D eigenvalue weighted by molar-refractivity contribution is 6.35. The Labute approximate surface area is 123 Å². The molecule has 0 unspecified atom stereocenters. The summed E-state index contributed by atoms with van der Waals surface area (Å²) in [6, 6.07) is 5.03. The number of nitrogens with one attached hydrogen (secondary N) is 2. The first-order valence-electron chi connectivity index (χ1n) is 6.33. The predicted molar refractivity (Wildman–Crippen MR) is 78.6 cm³/mol. The molecule has 2 amide bonds. The zero-order valence-corrected chi connectivity index (χ0v) is 12.5. The second-order valence-electron chi connectivity index (χ2n) is 4.47. The van der Waals surface area contributed by atoms with Gasteiger partial charge in [0.2, 0.25) is 0 Å². The molecule has 0 saturated heterocycles. The molecule has 7 nitrogen and oxygen atoms in total. The van der Waals surface area contributed by atoms with E-state index in [1.54, 1.807) is 32.0 Å². The second kappa shape index (κ2) is 7.88. The molecule has 0 spiro atoms. The minimum Gasteiger partial charge on any atom is -0.497 e. The Morgan fingerprint density at radius 2 is 1.67 bits per heavy atom. The third-order valence-corrected chi connectivity index (χ3v) is 2.38. The van der Waals surface area contributed by atoms with Crippen molar-refractivity contribution in [2.24, 2.45) is 5.10 Å². The van der Waals surface area contributed by atoms with Crippen LogP contribution in [0.25, 0.3) is 0 Å². The Hall–Kier alpha value is -2.57. The largest absolute Gasteiger partial charge is 0.497 e. The van der Waals surface area contributed by atoms with Crippen LogP contribution in [0.1, 0.15) is 19.4 Å². The van der Waals surface area contributed by atoms with Gasteiger partial charge in [-0.1, -0.05) is 0 Å². The average Bonchev–Trinajstić information content (AvgIpc) is 2.45. The van der Waals surface area contributed by atoms with Gasteiger partial charge in [0, 0.05) is 17.7 Å². The molecule has 114 valence electrons. The smallest absolute Gasteiger partial charge is 0.329 e. The van der Waals surface area contributed by atoms with Crippen LogP contribution in [0.4, 0.5) is 0 Å². The van der Waals surface area contributed by atoms with Gasteiger partial charge >= 0.3 is 11.8 Å². The molecule has 0 aliphatic carbocycles. The number of carbonyl (C=O) groups excluding carboxylic acids is 2. The summed E-state index contributed by atoms with van der Waals surface area (Å²) in [7, 11) is 3.07. The first-order valence-corrected chi connectivity index (χ1v) is 6.33. The van der Waals surface area contributed by atoms with Crippen molar-refractivity contribution in [1.82, 2.24) is 10.7 Å². The molecule has 0 saturated carbocycles. The van der Waals surface area contributed by atoms with Crippen LogP contribution < -0.4 is 20.2 Å². The van der Waals surface area contributed by atoms with Gasteiger partial charge in [-0.15, -0.1) is 0 Å². The molecule has 0 aromatic heterocycles. The molecule has 0 aliphatic rings. The highest BCUT2D eigenvalue weighted by Gasteiger charge is 2.12. The average molecular weight is 293 g/mol. The standard InChI is InChI=1S/C14H19N3O4/c1-9(2)16-13(18)14(19)17-15-8-10-5-11(20-3)7-12(6-10)21-4/h5-9H,1-4H3,(H,16,18)(H,17,19)/b15-8-. The van der Waals surface area contributed by atoms with E-state index in [0.717, 1.165) is 0 Å². The molecule has 1 aromatic rings. The van der Waals surface area contributed by atoms with Crippen LogP contribution in [0, 0.1) is 0 Å². The quantitative estimate of drug-likeness (QED) is 0.474. The summed E-state index contributed by atoms with van der Waals surface area (Å²) in [5, 5.41) is 6.19. The third-order valence-electron chi connectivity index (χ3n) is 2.38. The van der Waals surface area contributed by atoms with Crippen LogP contribution in [-0.4, -0.2) is 38.3 Å². The number of amides is 2. The van der Waals surface area contributed by atoms with Crippen LogP contribution >= 0.6 is 0 Å². The number of carbonyl (C=O) groups is 2. The summed E-state index contributed by atoms with van der Waals surface area (Å²) in [5.41, 5.74) is 2.81. The maximum atomic E-state index is 11.4. The molecular formula is C14H19N3O4. The molecule has 0 aliphatic heterocycles. The van der Waals surface area contributed by atoms with E-state index in [0.29, 0.717) is 17.1 Å². The molecule has 21 heavy (non-hydrogen) atoms. The lowest BCUT2D eigenvalue weighted by molar-refractivity contribution is -0.139. The van der Waals surface area contributed by atoms with Crippen LogP contribution in [-0.2, 0) is 9.59 Å². The zero-order chi connectivity index (χ0) is 15.8. The fourth-order valence-electron chi connectivity index (χ4n) is 1.45. The molecule has 0 atom stereocenters. The summed E-state index contributed by atoms with van der Waals surface area (Å²) in [4.78, 5) is 22.8. The number of methoxy groups -OCH3 is 2. The van der Waals surface area contributed by atoms with Gasteiger partial charge in [-0.05, 0) is 26.0 Å². The Bertz CT molecular complexity index is 519. The number of benzene rings is 1. The Morgan fingerprint density at radius 3 is 2.14 bits per heavy atom. The summed E-state index contributed by atoms with van der Waals surface area (Å²) < 4.78 is 10.2. The lowest BCUT2D eigenvalue weighted by Crippen LogP contribution is -2.41. The molecule has 0 bridgehead atoms. The number of nitrogens with zero attached hydrogens (tertiary/aromatic N) is 1. The van der Waals surface area contributed by atoms with Crippen molar-refractivity contribution in [3.8, 4) is 11.5 Å². The lowest BCUT2D eigenvalue weighted by Gasteiger charge is -2.06. The van der Waals surface area contributed by atoms with E-state index in [-0.39, 0.29) is 6.04 Å². The number of ether oxygens (including phenoxy) is 2.